The molecule has 150 valence electrons. The molecule has 2 N–H and O–H groups in total. The van der Waals surface area contributed by atoms with E-state index in [2.05, 4.69) is 15.6 Å². The Balaban J connectivity index is 1.55. The molecule has 0 radical (unpaired) electrons. The lowest BCUT2D eigenvalue weighted by Gasteiger charge is -2.11. The fourth-order valence-electron chi connectivity index (χ4n) is 3.16. The van der Waals surface area contributed by atoms with Gasteiger partial charge in [0.15, 0.2) is 0 Å². The van der Waals surface area contributed by atoms with Gasteiger partial charge >= 0.3 is 0 Å². The minimum atomic E-state index is -0.377. The maximum atomic E-state index is 13.1. The summed E-state index contributed by atoms with van der Waals surface area (Å²) in [7, 11) is 1.63. The average molecular weight is 401 g/mol. The zero-order chi connectivity index (χ0) is 21.1. The number of ether oxygens (including phenoxy) is 1. The minimum Gasteiger partial charge on any atom is -0.497 e. The van der Waals surface area contributed by atoms with Crippen LogP contribution in [0.4, 0.5) is 21.6 Å². The fourth-order valence-corrected chi connectivity index (χ4v) is 3.16. The van der Waals surface area contributed by atoms with Crippen LogP contribution >= 0.6 is 0 Å². The van der Waals surface area contributed by atoms with E-state index in [9.17, 15) is 9.18 Å². The van der Waals surface area contributed by atoms with Gasteiger partial charge in [0.05, 0.1) is 12.6 Å². The SMILES string of the molecule is COc1ccc(Nc2cc(C)c3cc(NC(=O)c4ccc(F)cc4)ccc3n2)cc1. The predicted octanol–water partition coefficient (Wildman–Crippen LogP) is 5.69. The number of carbonyl (C=O) groups excluding carboxylic acids is 1. The number of carbonyl (C=O) groups is 1. The molecule has 0 saturated heterocycles. The van der Waals surface area contributed by atoms with Crippen LogP contribution < -0.4 is 15.4 Å². The van der Waals surface area contributed by atoms with Crippen LogP contribution in [0.3, 0.4) is 0 Å². The third-order valence-corrected chi connectivity index (χ3v) is 4.74. The van der Waals surface area contributed by atoms with Crippen molar-refractivity contribution in [3.05, 3.63) is 89.7 Å². The number of rotatable bonds is 5. The topological polar surface area (TPSA) is 63.2 Å². The van der Waals surface area contributed by atoms with E-state index >= 15 is 0 Å². The molecular weight excluding hydrogens is 381 g/mol. The molecule has 0 bridgehead atoms. The molecule has 30 heavy (non-hydrogen) atoms. The maximum Gasteiger partial charge on any atom is 0.255 e. The first-order valence-electron chi connectivity index (χ1n) is 9.41. The number of pyridine rings is 1. The number of amides is 1. The van der Waals surface area contributed by atoms with Gasteiger partial charge in [-0.1, -0.05) is 0 Å². The quantitative estimate of drug-likeness (QED) is 0.451. The maximum absolute atomic E-state index is 13.1. The molecule has 0 aliphatic rings. The van der Waals surface area contributed by atoms with Crippen LogP contribution in [0.15, 0.2) is 72.8 Å². The van der Waals surface area contributed by atoms with E-state index in [1.807, 2.05) is 49.4 Å². The molecule has 0 fully saturated rings. The molecule has 4 aromatic rings. The van der Waals surface area contributed by atoms with Crippen molar-refractivity contribution in [2.45, 2.75) is 6.92 Å². The standard InChI is InChI=1S/C24H20FN3O2/c1-15-13-23(26-18-7-10-20(30-2)11-8-18)28-22-12-9-19(14-21(15)22)27-24(29)16-3-5-17(25)6-4-16/h3-14H,1-2H3,(H,26,28)(H,27,29). The van der Waals surface area contributed by atoms with Crippen molar-refractivity contribution >= 4 is 34.0 Å². The van der Waals surface area contributed by atoms with Gasteiger partial charge in [0, 0.05) is 22.3 Å². The molecule has 0 saturated carbocycles. The Kier molecular flexibility index (Phi) is 5.30. The molecule has 0 spiro atoms. The second-order valence-electron chi connectivity index (χ2n) is 6.87. The molecule has 0 aliphatic carbocycles. The average Bonchev–Trinajstić information content (AvgIpc) is 2.75. The number of fused-ring (bicyclic) bond motifs is 1. The summed E-state index contributed by atoms with van der Waals surface area (Å²) in [6, 6.07) is 20.6. The summed E-state index contributed by atoms with van der Waals surface area (Å²) >= 11 is 0. The third kappa shape index (κ3) is 4.22. The second kappa shape index (κ2) is 8.21. The zero-order valence-corrected chi connectivity index (χ0v) is 16.6. The number of methoxy groups -OCH3 is 1. The number of nitrogens with one attached hydrogen (secondary N) is 2. The van der Waals surface area contributed by atoms with Crippen molar-refractivity contribution < 1.29 is 13.9 Å². The number of hydrogen-bond acceptors (Lipinski definition) is 4. The lowest BCUT2D eigenvalue weighted by atomic mass is 10.1. The van der Waals surface area contributed by atoms with E-state index in [4.69, 9.17) is 4.74 Å². The number of aromatic nitrogens is 1. The predicted molar refractivity (Wildman–Crippen MR) is 117 cm³/mol. The van der Waals surface area contributed by atoms with Crippen LogP contribution in [0.25, 0.3) is 10.9 Å². The third-order valence-electron chi connectivity index (χ3n) is 4.74. The van der Waals surface area contributed by atoms with E-state index in [-0.39, 0.29) is 11.7 Å². The monoisotopic (exact) mass is 401 g/mol. The highest BCUT2D eigenvalue weighted by molar-refractivity contribution is 6.05. The molecule has 0 aliphatic heterocycles. The van der Waals surface area contributed by atoms with E-state index in [0.717, 1.165) is 33.7 Å². The van der Waals surface area contributed by atoms with Crippen LogP contribution in [-0.2, 0) is 0 Å². The van der Waals surface area contributed by atoms with E-state index in [0.29, 0.717) is 11.3 Å². The highest BCUT2D eigenvalue weighted by atomic mass is 19.1. The fraction of sp³-hybridized carbons (Fsp3) is 0.0833. The Bertz CT molecular complexity index is 1210. The van der Waals surface area contributed by atoms with Crippen LogP contribution in [0, 0.1) is 12.7 Å². The van der Waals surface area contributed by atoms with E-state index in [1.54, 1.807) is 13.2 Å². The molecular formula is C24H20FN3O2. The summed E-state index contributed by atoms with van der Waals surface area (Å²) in [4.78, 5) is 17.0. The molecule has 4 rings (SSSR count). The Labute approximate surface area is 173 Å². The first-order chi connectivity index (χ1) is 14.5. The number of nitrogens with zero attached hydrogens (tertiary/aromatic N) is 1. The van der Waals surface area contributed by atoms with Crippen LogP contribution in [0.1, 0.15) is 15.9 Å². The molecule has 1 amide bonds. The van der Waals surface area contributed by atoms with Gasteiger partial charge in [-0.2, -0.15) is 0 Å². The first kappa shape index (κ1) is 19.4. The summed E-state index contributed by atoms with van der Waals surface area (Å²) < 4.78 is 18.2. The second-order valence-corrected chi connectivity index (χ2v) is 6.87. The van der Waals surface area contributed by atoms with Crippen LogP contribution in [0.5, 0.6) is 5.75 Å². The number of aryl methyl sites for hydroxylation is 1. The number of anilines is 3. The lowest BCUT2D eigenvalue weighted by molar-refractivity contribution is 0.102. The van der Waals surface area contributed by atoms with Crippen molar-refractivity contribution in [2.24, 2.45) is 0 Å². The van der Waals surface area contributed by atoms with Crippen molar-refractivity contribution in [2.75, 3.05) is 17.7 Å². The largest absolute Gasteiger partial charge is 0.497 e. The Hall–Kier alpha value is -3.93. The summed E-state index contributed by atoms with van der Waals surface area (Å²) in [6.07, 6.45) is 0. The molecule has 0 atom stereocenters. The Morgan fingerprint density at radius 2 is 1.63 bits per heavy atom. The van der Waals surface area contributed by atoms with Gasteiger partial charge in [0.1, 0.15) is 17.4 Å². The van der Waals surface area contributed by atoms with Gasteiger partial charge in [-0.25, -0.2) is 9.37 Å². The van der Waals surface area contributed by atoms with Crippen molar-refractivity contribution in [3.63, 3.8) is 0 Å². The molecule has 6 heteroatoms. The van der Waals surface area contributed by atoms with Gasteiger partial charge in [0.25, 0.3) is 5.91 Å². The Morgan fingerprint density at radius 1 is 0.933 bits per heavy atom. The van der Waals surface area contributed by atoms with Crippen molar-refractivity contribution in [1.29, 1.82) is 0 Å². The smallest absolute Gasteiger partial charge is 0.255 e. The van der Waals surface area contributed by atoms with Gasteiger partial charge < -0.3 is 15.4 Å². The van der Waals surface area contributed by atoms with Gasteiger partial charge in [-0.3, -0.25) is 4.79 Å². The highest BCUT2D eigenvalue weighted by Crippen LogP contribution is 2.26. The van der Waals surface area contributed by atoms with Gasteiger partial charge in [0.2, 0.25) is 0 Å². The molecule has 1 heterocycles. The minimum absolute atomic E-state index is 0.294. The molecule has 5 nitrogen and oxygen atoms in total. The zero-order valence-electron chi connectivity index (χ0n) is 16.6. The van der Waals surface area contributed by atoms with Crippen molar-refractivity contribution in [1.82, 2.24) is 4.98 Å². The van der Waals surface area contributed by atoms with Crippen LogP contribution in [0.2, 0.25) is 0 Å². The Morgan fingerprint density at radius 3 is 2.33 bits per heavy atom. The molecule has 0 unspecified atom stereocenters. The van der Waals surface area contributed by atoms with E-state index < -0.39 is 0 Å². The summed E-state index contributed by atoms with van der Waals surface area (Å²) in [6.45, 7) is 1.99. The number of halogens is 1. The van der Waals surface area contributed by atoms with Crippen molar-refractivity contribution in [3.8, 4) is 5.75 Å². The number of hydrogen-bond donors (Lipinski definition) is 2. The van der Waals surface area contributed by atoms with E-state index in [1.165, 1.54) is 24.3 Å². The summed E-state index contributed by atoms with van der Waals surface area (Å²) in [5, 5.41) is 7.08. The summed E-state index contributed by atoms with van der Waals surface area (Å²) in [5.74, 6) is 0.849. The highest BCUT2D eigenvalue weighted by Gasteiger charge is 2.09. The van der Waals surface area contributed by atoms with Gasteiger partial charge in [-0.15, -0.1) is 0 Å². The molecule has 1 aromatic heterocycles. The van der Waals surface area contributed by atoms with Crippen LogP contribution in [-0.4, -0.2) is 18.0 Å². The van der Waals surface area contributed by atoms with Gasteiger partial charge in [-0.05, 0) is 85.3 Å². The summed E-state index contributed by atoms with van der Waals surface area (Å²) in [5.41, 5.74) is 3.79. The molecule has 3 aromatic carbocycles. The lowest BCUT2D eigenvalue weighted by Crippen LogP contribution is -2.11. The first-order valence-corrected chi connectivity index (χ1v) is 9.41. The normalized spacial score (nSPS) is 10.6. The number of benzene rings is 3.